The van der Waals surface area contributed by atoms with Crippen LogP contribution in [0.5, 0.6) is 0 Å². The number of nitrogens with zero attached hydrogens (tertiary/aromatic N) is 2. The van der Waals surface area contributed by atoms with E-state index in [9.17, 15) is 9.59 Å². The minimum atomic E-state index is -0.770. The summed E-state index contributed by atoms with van der Waals surface area (Å²) in [5, 5.41) is 2.84. The fourth-order valence-electron chi connectivity index (χ4n) is 1.75. The van der Waals surface area contributed by atoms with Crippen molar-refractivity contribution >= 4 is 52.4 Å². The van der Waals surface area contributed by atoms with Gasteiger partial charge in [0.05, 0.1) is 33.6 Å². The molecule has 0 atom stereocenters. The summed E-state index contributed by atoms with van der Waals surface area (Å²) in [6.45, 7) is 1.28. The summed E-state index contributed by atoms with van der Waals surface area (Å²) in [6.07, 6.45) is 1.40. The molecule has 2 aromatic heterocycles. The first kappa shape index (κ1) is 17.5. The van der Waals surface area contributed by atoms with Crippen molar-refractivity contribution in [1.29, 1.82) is 0 Å². The molecule has 1 amide bonds. The summed E-state index contributed by atoms with van der Waals surface area (Å²) in [7, 11) is 1.19. The minimum absolute atomic E-state index is 0.0488. The Kier molecular flexibility index (Phi) is 5.41. The van der Waals surface area contributed by atoms with Crippen LogP contribution < -0.4 is 5.32 Å². The van der Waals surface area contributed by atoms with Crippen molar-refractivity contribution in [2.75, 3.05) is 12.4 Å². The molecule has 120 valence electrons. The molecule has 2 aromatic rings. The van der Waals surface area contributed by atoms with E-state index in [1.165, 1.54) is 20.2 Å². The molecule has 2 rings (SSSR count). The van der Waals surface area contributed by atoms with E-state index in [0.717, 1.165) is 0 Å². The number of amides is 1. The summed E-state index contributed by atoms with van der Waals surface area (Å²) < 4.78 is 4.64. The predicted molar refractivity (Wildman–Crippen MR) is 88.1 cm³/mol. The van der Waals surface area contributed by atoms with Crippen molar-refractivity contribution in [1.82, 2.24) is 9.97 Å². The zero-order chi connectivity index (χ0) is 17.1. The third-order valence-corrected chi connectivity index (χ3v) is 3.69. The highest BCUT2D eigenvalue weighted by Gasteiger charge is 2.24. The molecule has 0 aliphatic heterocycles. The Morgan fingerprint density at radius 3 is 2.39 bits per heavy atom. The first-order chi connectivity index (χ1) is 10.8. The van der Waals surface area contributed by atoms with Crippen LogP contribution in [0.25, 0.3) is 11.4 Å². The van der Waals surface area contributed by atoms with Crippen LogP contribution in [0.2, 0.25) is 15.1 Å². The summed E-state index contributed by atoms with van der Waals surface area (Å²) in [5.41, 5.74) is 0.391. The van der Waals surface area contributed by atoms with Gasteiger partial charge in [0.1, 0.15) is 5.69 Å². The lowest BCUT2D eigenvalue weighted by Gasteiger charge is -2.14. The van der Waals surface area contributed by atoms with E-state index in [1.54, 1.807) is 12.1 Å². The van der Waals surface area contributed by atoms with Gasteiger partial charge in [-0.15, -0.1) is 0 Å². The Hall–Kier alpha value is -1.89. The van der Waals surface area contributed by atoms with Crippen LogP contribution in [0.4, 0.5) is 5.69 Å². The SMILES string of the molecule is COC(=O)c1nc(-c2ccc(Cl)cn2)c(Cl)c(NC(C)=O)c1Cl. The molecule has 23 heavy (non-hydrogen) atoms. The Labute approximate surface area is 146 Å². The molecule has 0 aliphatic carbocycles. The van der Waals surface area contributed by atoms with Gasteiger partial charge in [-0.2, -0.15) is 0 Å². The number of nitrogens with one attached hydrogen (secondary N) is 1. The summed E-state index contributed by atoms with van der Waals surface area (Å²) in [6, 6.07) is 3.16. The third kappa shape index (κ3) is 3.72. The summed E-state index contributed by atoms with van der Waals surface area (Å²) in [5.74, 6) is -1.18. The molecule has 0 unspecified atom stereocenters. The highest BCUT2D eigenvalue weighted by Crippen LogP contribution is 2.38. The second kappa shape index (κ2) is 7.12. The third-order valence-electron chi connectivity index (χ3n) is 2.73. The molecule has 0 radical (unpaired) electrons. The largest absolute Gasteiger partial charge is 0.464 e. The van der Waals surface area contributed by atoms with E-state index in [2.05, 4.69) is 20.0 Å². The van der Waals surface area contributed by atoms with Gasteiger partial charge in [-0.05, 0) is 12.1 Å². The number of methoxy groups -OCH3 is 1. The Bertz CT molecular complexity index is 779. The average Bonchev–Trinajstić information content (AvgIpc) is 2.52. The van der Waals surface area contributed by atoms with E-state index in [-0.39, 0.29) is 27.1 Å². The van der Waals surface area contributed by atoms with Gasteiger partial charge in [0.15, 0.2) is 5.69 Å². The fourth-order valence-corrected chi connectivity index (χ4v) is 2.45. The zero-order valence-electron chi connectivity index (χ0n) is 12.0. The topological polar surface area (TPSA) is 81.2 Å². The summed E-state index contributed by atoms with van der Waals surface area (Å²) in [4.78, 5) is 31.4. The lowest BCUT2D eigenvalue weighted by atomic mass is 10.2. The normalized spacial score (nSPS) is 10.3. The van der Waals surface area contributed by atoms with Crippen molar-refractivity contribution in [3.8, 4) is 11.4 Å². The first-order valence-electron chi connectivity index (χ1n) is 6.22. The van der Waals surface area contributed by atoms with Crippen LogP contribution in [0.15, 0.2) is 18.3 Å². The molecule has 2 heterocycles. The van der Waals surface area contributed by atoms with Gasteiger partial charge in [0, 0.05) is 13.1 Å². The molecule has 6 nitrogen and oxygen atoms in total. The van der Waals surface area contributed by atoms with Gasteiger partial charge in [-0.1, -0.05) is 34.8 Å². The molecule has 0 bridgehead atoms. The fraction of sp³-hybridized carbons (Fsp3) is 0.143. The van der Waals surface area contributed by atoms with Crippen LogP contribution in [-0.2, 0) is 9.53 Å². The number of rotatable bonds is 3. The van der Waals surface area contributed by atoms with E-state index >= 15 is 0 Å². The van der Waals surface area contributed by atoms with Gasteiger partial charge in [0.2, 0.25) is 5.91 Å². The number of pyridine rings is 2. The zero-order valence-corrected chi connectivity index (χ0v) is 14.3. The number of hydrogen-bond donors (Lipinski definition) is 1. The number of ether oxygens (including phenoxy) is 1. The molecule has 0 saturated heterocycles. The van der Waals surface area contributed by atoms with Gasteiger partial charge in [0.25, 0.3) is 0 Å². The van der Waals surface area contributed by atoms with Crippen molar-refractivity contribution in [3.05, 3.63) is 39.1 Å². The molecule has 0 fully saturated rings. The average molecular weight is 375 g/mol. The maximum Gasteiger partial charge on any atom is 0.358 e. The van der Waals surface area contributed by atoms with Crippen LogP contribution >= 0.6 is 34.8 Å². The molecular weight excluding hydrogens is 365 g/mol. The molecule has 9 heteroatoms. The van der Waals surface area contributed by atoms with Gasteiger partial charge < -0.3 is 10.1 Å². The smallest absolute Gasteiger partial charge is 0.358 e. The Morgan fingerprint density at radius 2 is 1.87 bits per heavy atom. The Morgan fingerprint density at radius 1 is 1.17 bits per heavy atom. The van der Waals surface area contributed by atoms with Crippen molar-refractivity contribution in [2.24, 2.45) is 0 Å². The van der Waals surface area contributed by atoms with Crippen molar-refractivity contribution in [3.63, 3.8) is 0 Å². The standard InChI is InChI=1S/C14H10Cl3N3O3/c1-6(21)19-12-9(16)11(8-4-3-7(15)5-18-8)20-13(10(12)17)14(22)23-2/h3-5H,1-2H3,(H,19,20,21). The van der Waals surface area contributed by atoms with Crippen LogP contribution in [0.3, 0.4) is 0 Å². The number of anilines is 1. The van der Waals surface area contributed by atoms with Crippen LogP contribution in [0, 0.1) is 0 Å². The number of hydrogen-bond acceptors (Lipinski definition) is 5. The molecular formula is C14H10Cl3N3O3. The molecule has 0 aliphatic rings. The van der Waals surface area contributed by atoms with E-state index < -0.39 is 11.9 Å². The number of aromatic nitrogens is 2. The predicted octanol–water partition coefficient (Wildman–Crippen LogP) is 3.85. The lowest BCUT2D eigenvalue weighted by Crippen LogP contribution is -2.13. The lowest BCUT2D eigenvalue weighted by molar-refractivity contribution is -0.114. The van der Waals surface area contributed by atoms with Crippen LogP contribution in [-0.4, -0.2) is 29.0 Å². The van der Waals surface area contributed by atoms with E-state index in [1.807, 2.05) is 0 Å². The maximum absolute atomic E-state index is 11.9. The van der Waals surface area contributed by atoms with Crippen molar-refractivity contribution in [2.45, 2.75) is 6.92 Å². The van der Waals surface area contributed by atoms with Crippen LogP contribution in [0.1, 0.15) is 17.4 Å². The molecule has 0 aromatic carbocycles. The molecule has 0 spiro atoms. The van der Waals surface area contributed by atoms with Gasteiger partial charge >= 0.3 is 5.97 Å². The number of esters is 1. The monoisotopic (exact) mass is 373 g/mol. The minimum Gasteiger partial charge on any atom is -0.464 e. The van der Waals surface area contributed by atoms with Crippen molar-refractivity contribution < 1.29 is 14.3 Å². The number of carbonyl (C=O) groups is 2. The highest BCUT2D eigenvalue weighted by molar-refractivity contribution is 6.42. The second-order valence-electron chi connectivity index (χ2n) is 4.35. The van der Waals surface area contributed by atoms with E-state index in [0.29, 0.717) is 10.7 Å². The molecule has 0 saturated carbocycles. The first-order valence-corrected chi connectivity index (χ1v) is 7.35. The Balaban J connectivity index is 2.72. The van der Waals surface area contributed by atoms with Gasteiger partial charge in [-0.25, -0.2) is 9.78 Å². The summed E-state index contributed by atoms with van der Waals surface area (Å²) >= 11 is 18.2. The number of carbonyl (C=O) groups excluding carboxylic acids is 2. The van der Waals surface area contributed by atoms with E-state index in [4.69, 9.17) is 34.8 Å². The maximum atomic E-state index is 11.9. The molecule has 1 N–H and O–H groups in total. The van der Waals surface area contributed by atoms with Gasteiger partial charge in [-0.3, -0.25) is 9.78 Å². The number of halogens is 3. The highest BCUT2D eigenvalue weighted by atomic mass is 35.5. The second-order valence-corrected chi connectivity index (χ2v) is 5.54. The quantitative estimate of drug-likeness (QED) is 0.825.